The van der Waals surface area contributed by atoms with Crippen LogP contribution in [0.2, 0.25) is 0 Å². The third-order valence-corrected chi connectivity index (χ3v) is 7.09. The predicted molar refractivity (Wildman–Crippen MR) is 132 cm³/mol. The van der Waals surface area contributed by atoms with Crippen LogP contribution < -0.4 is 9.64 Å². The number of piperazine rings is 1. The number of likely N-dealkylation sites (N-methyl/N-ethyl adjacent to an activating group) is 1. The molecule has 2 saturated heterocycles. The fraction of sp³-hybridized carbons (Fsp3) is 0.481. The van der Waals surface area contributed by atoms with Gasteiger partial charge in [0.25, 0.3) is 0 Å². The van der Waals surface area contributed by atoms with E-state index in [-0.39, 0.29) is 11.8 Å². The molecule has 0 radical (unpaired) electrons. The maximum Gasteiger partial charge on any atom is 0.246 e. The molecule has 2 aromatic rings. The van der Waals surface area contributed by atoms with Gasteiger partial charge < -0.3 is 24.2 Å². The molecule has 0 N–H and O–H groups in total. The highest BCUT2D eigenvalue weighted by Crippen LogP contribution is 2.38. The van der Waals surface area contributed by atoms with Crippen molar-refractivity contribution in [2.75, 3.05) is 59.0 Å². The smallest absolute Gasteiger partial charge is 0.246 e. The van der Waals surface area contributed by atoms with Gasteiger partial charge in [-0.15, -0.1) is 0 Å². The zero-order valence-electron chi connectivity index (χ0n) is 20.4. The molecule has 2 heterocycles. The summed E-state index contributed by atoms with van der Waals surface area (Å²) in [6.07, 6.45) is 2.00. The second kappa shape index (κ2) is 10.5. The molecular weight excluding hydrogens is 430 g/mol. The molecular formula is C27H35N3O4. The van der Waals surface area contributed by atoms with Gasteiger partial charge >= 0.3 is 0 Å². The fourth-order valence-electron chi connectivity index (χ4n) is 5.08. The van der Waals surface area contributed by atoms with Crippen LogP contribution in [0.15, 0.2) is 54.6 Å². The van der Waals surface area contributed by atoms with Gasteiger partial charge in [-0.05, 0) is 49.1 Å². The van der Waals surface area contributed by atoms with Gasteiger partial charge in [0.05, 0.1) is 12.5 Å². The van der Waals surface area contributed by atoms with Crippen LogP contribution in [0.1, 0.15) is 18.4 Å². The summed E-state index contributed by atoms with van der Waals surface area (Å²) in [6, 6.07) is 17.5. The summed E-state index contributed by atoms with van der Waals surface area (Å²) >= 11 is 0. The molecule has 0 saturated carbocycles. The quantitative estimate of drug-likeness (QED) is 0.657. The summed E-state index contributed by atoms with van der Waals surface area (Å²) in [5.74, 6) is 0.823. The Kier molecular flexibility index (Phi) is 7.41. The summed E-state index contributed by atoms with van der Waals surface area (Å²) < 4.78 is 10.9. The monoisotopic (exact) mass is 465 g/mol. The molecule has 7 heteroatoms. The molecule has 0 aromatic heterocycles. The molecule has 7 nitrogen and oxygen atoms in total. The number of carbonyl (C=O) groups is 2. The fourth-order valence-corrected chi connectivity index (χ4v) is 5.08. The number of hydrogen-bond donors (Lipinski definition) is 0. The zero-order chi connectivity index (χ0) is 24.1. The molecule has 1 atom stereocenters. The SMILES string of the molecule is COc1ccc(N2CCN(C(=O)C3(Cc4ccccc4)CCOCC3)[C@H](C(=O)N(C)C)C2)cc1. The molecule has 2 fully saturated rings. The molecule has 34 heavy (non-hydrogen) atoms. The molecule has 0 aliphatic carbocycles. The molecule has 182 valence electrons. The Morgan fingerprint density at radius 1 is 1.03 bits per heavy atom. The van der Waals surface area contributed by atoms with Gasteiger partial charge in [0, 0.05) is 52.6 Å². The van der Waals surface area contributed by atoms with Crippen molar-refractivity contribution < 1.29 is 19.1 Å². The van der Waals surface area contributed by atoms with Crippen LogP contribution in [0.4, 0.5) is 5.69 Å². The van der Waals surface area contributed by atoms with Crippen LogP contribution in [0, 0.1) is 5.41 Å². The second-order valence-electron chi connectivity index (χ2n) is 9.45. The Balaban J connectivity index is 1.60. The zero-order valence-corrected chi connectivity index (χ0v) is 20.4. The lowest BCUT2D eigenvalue weighted by Crippen LogP contribution is -2.63. The molecule has 2 aliphatic rings. The molecule has 0 spiro atoms. The Bertz CT molecular complexity index is 971. The highest BCUT2D eigenvalue weighted by atomic mass is 16.5. The minimum atomic E-state index is -0.549. The summed E-state index contributed by atoms with van der Waals surface area (Å²) in [6.45, 7) is 2.78. The maximum atomic E-state index is 14.2. The number of ether oxygens (including phenoxy) is 2. The van der Waals surface area contributed by atoms with E-state index in [4.69, 9.17) is 9.47 Å². The lowest BCUT2D eigenvalue weighted by molar-refractivity contribution is -0.156. The van der Waals surface area contributed by atoms with Crippen LogP contribution in [0.3, 0.4) is 0 Å². The Labute approximate surface area is 202 Å². The highest BCUT2D eigenvalue weighted by Gasteiger charge is 2.47. The van der Waals surface area contributed by atoms with Crippen molar-refractivity contribution in [3.05, 3.63) is 60.2 Å². The first-order chi connectivity index (χ1) is 16.4. The first-order valence-corrected chi connectivity index (χ1v) is 12.0. The van der Waals surface area contributed by atoms with Crippen molar-refractivity contribution in [3.8, 4) is 5.75 Å². The average molecular weight is 466 g/mol. The van der Waals surface area contributed by atoms with Crippen LogP contribution in [-0.4, -0.2) is 81.7 Å². The number of anilines is 1. The van der Waals surface area contributed by atoms with Crippen molar-refractivity contribution in [1.82, 2.24) is 9.80 Å². The Morgan fingerprint density at radius 3 is 2.32 bits per heavy atom. The summed E-state index contributed by atoms with van der Waals surface area (Å²) in [5, 5.41) is 0. The van der Waals surface area contributed by atoms with E-state index in [0.717, 1.165) is 17.0 Å². The topological polar surface area (TPSA) is 62.3 Å². The van der Waals surface area contributed by atoms with Crippen molar-refractivity contribution in [2.45, 2.75) is 25.3 Å². The molecule has 0 unspecified atom stereocenters. The van der Waals surface area contributed by atoms with E-state index < -0.39 is 11.5 Å². The highest BCUT2D eigenvalue weighted by molar-refractivity contribution is 5.91. The normalized spacial score (nSPS) is 20.0. The number of nitrogens with zero attached hydrogens (tertiary/aromatic N) is 3. The maximum absolute atomic E-state index is 14.2. The van der Waals surface area contributed by atoms with Crippen LogP contribution >= 0.6 is 0 Å². The number of amides is 2. The van der Waals surface area contributed by atoms with Crippen molar-refractivity contribution in [2.24, 2.45) is 5.41 Å². The van der Waals surface area contributed by atoms with E-state index >= 15 is 0 Å². The third kappa shape index (κ3) is 5.04. The van der Waals surface area contributed by atoms with E-state index in [1.54, 1.807) is 26.1 Å². The molecule has 0 bridgehead atoms. The summed E-state index contributed by atoms with van der Waals surface area (Å²) in [7, 11) is 5.16. The minimum absolute atomic E-state index is 0.0477. The van der Waals surface area contributed by atoms with E-state index in [1.807, 2.05) is 47.4 Å². The van der Waals surface area contributed by atoms with Gasteiger partial charge in [-0.1, -0.05) is 30.3 Å². The number of benzene rings is 2. The van der Waals surface area contributed by atoms with Crippen LogP contribution in [0.25, 0.3) is 0 Å². The van der Waals surface area contributed by atoms with Gasteiger partial charge in [-0.2, -0.15) is 0 Å². The van der Waals surface area contributed by atoms with E-state index in [1.165, 1.54) is 0 Å². The standard InChI is InChI=1S/C27H35N3O4/c1-28(2)25(31)24-20-29(22-9-11-23(33-3)12-10-22)15-16-30(24)26(32)27(13-17-34-18-14-27)19-21-7-5-4-6-8-21/h4-12,24H,13-20H2,1-3H3/t24-/m0/s1. The summed E-state index contributed by atoms with van der Waals surface area (Å²) in [5.41, 5.74) is 1.62. The Hall–Kier alpha value is -3.06. The van der Waals surface area contributed by atoms with Gasteiger partial charge in [-0.3, -0.25) is 9.59 Å². The van der Waals surface area contributed by atoms with Crippen molar-refractivity contribution in [3.63, 3.8) is 0 Å². The van der Waals surface area contributed by atoms with Gasteiger partial charge in [-0.25, -0.2) is 0 Å². The van der Waals surface area contributed by atoms with Crippen molar-refractivity contribution >= 4 is 17.5 Å². The van der Waals surface area contributed by atoms with Crippen molar-refractivity contribution in [1.29, 1.82) is 0 Å². The van der Waals surface area contributed by atoms with Gasteiger partial charge in [0.2, 0.25) is 11.8 Å². The van der Waals surface area contributed by atoms with Crippen LogP contribution in [0.5, 0.6) is 5.75 Å². The number of hydrogen-bond acceptors (Lipinski definition) is 5. The summed E-state index contributed by atoms with van der Waals surface area (Å²) in [4.78, 5) is 33.1. The number of rotatable bonds is 6. The molecule has 4 rings (SSSR count). The third-order valence-electron chi connectivity index (χ3n) is 7.09. The number of methoxy groups -OCH3 is 1. The van der Waals surface area contributed by atoms with Crippen LogP contribution in [-0.2, 0) is 20.7 Å². The predicted octanol–water partition coefficient (Wildman–Crippen LogP) is 2.84. The Morgan fingerprint density at radius 2 is 1.71 bits per heavy atom. The molecule has 2 amide bonds. The lowest BCUT2D eigenvalue weighted by Gasteiger charge is -2.47. The molecule has 2 aliphatic heterocycles. The average Bonchev–Trinajstić information content (AvgIpc) is 2.88. The largest absolute Gasteiger partial charge is 0.497 e. The lowest BCUT2D eigenvalue weighted by atomic mass is 9.73. The van der Waals surface area contributed by atoms with Gasteiger partial charge in [0.15, 0.2) is 0 Å². The number of carbonyl (C=O) groups excluding carboxylic acids is 2. The van der Waals surface area contributed by atoms with E-state index in [2.05, 4.69) is 17.0 Å². The minimum Gasteiger partial charge on any atom is -0.497 e. The van der Waals surface area contributed by atoms with E-state index in [9.17, 15) is 9.59 Å². The first-order valence-electron chi connectivity index (χ1n) is 12.0. The first kappa shape index (κ1) is 24.1. The second-order valence-corrected chi connectivity index (χ2v) is 9.45. The van der Waals surface area contributed by atoms with E-state index in [0.29, 0.717) is 52.1 Å². The molecule has 2 aromatic carbocycles. The van der Waals surface area contributed by atoms with Gasteiger partial charge in [0.1, 0.15) is 11.8 Å².